The van der Waals surface area contributed by atoms with Gasteiger partial charge in [0.05, 0.1) is 0 Å². The van der Waals surface area contributed by atoms with Gasteiger partial charge in [-0.05, 0) is 169 Å². The molecule has 0 N–H and O–H groups in total. The second kappa shape index (κ2) is 12.7. The van der Waals surface area contributed by atoms with E-state index < -0.39 is 0 Å². The van der Waals surface area contributed by atoms with Crippen molar-refractivity contribution in [3.8, 4) is 33.4 Å². The number of benzene rings is 11. The third-order valence-corrected chi connectivity index (χ3v) is 15.4. The predicted molar refractivity (Wildman–Crippen MR) is 265 cm³/mol. The van der Waals surface area contributed by atoms with Gasteiger partial charge in [-0.15, -0.1) is 11.3 Å². The summed E-state index contributed by atoms with van der Waals surface area (Å²) in [5.41, 5.74) is 13.4. The monoisotopic (exact) mass is 790 g/mol. The van der Waals surface area contributed by atoms with Crippen molar-refractivity contribution in [2.24, 2.45) is 0 Å². The topological polar surface area (TPSA) is 0 Å². The van der Waals surface area contributed by atoms with Gasteiger partial charge in [0.15, 0.2) is 0 Å². The van der Waals surface area contributed by atoms with Gasteiger partial charge in [-0.25, -0.2) is 0 Å². The van der Waals surface area contributed by atoms with Crippen LogP contribution in [-0.2, 0) is 12.8 Å². The minimum absolute atomic E-state index is 0.333. The zero-order chi connectivity index (χ0) is 39.8. The summed E-state index contributed by atoms with van der Waals surface area (Å²) in [4.78, 5) is 1.40. The quantitative estimate of drug-likeness (QED) is 0.156. The molecule has 0 nitrogen and oxygen atoms in total. The van der Waals surface area contributed by atoms with E-state index in [0.717, 1.165) is 19.3 Å². The Hall–Kier alpha value is -7.06. The van der Waals surface area contributed by atoms with Crippen LogP contribution in [0.3, 0.4) is 0 Å². The number of thiophene rings is 1. The van der Waals surface area contributed by atoms with Gasteiger partial charge in [0.25, 0.3) is 0 Å². The van der Waals surface area contributed by atoms with Crippen LogP contribution in [-0.4, -0.2) is 0 Å². The molecule has 1 heteroatoms. The zero-order valence-electron chi connectivity index (χ0n) is 33.5. The first-order valence-corrected chi connectivity index (χ1v) is 22.5. The second-order valence-corrected chi connectivity index (χ2v) is 18.5. The maximum absolute atomic E-state index is 2.48. The normalized spacial score (nSPS) is 15.0. The Morgan fingerprint density at radius 2 is 1.00 bits per heavy atom. The van der Waals surface area contributed by atoms with Crippen molar-refractivity contribution < 1.29 is 0 Å². The molecule has 2 aliphatic rings. The van der Waals surface area contributed by atoms with E-state index in [-0.39, 0.29) is 0 Å². The van der Waals surface area contributed by atoms with Crippen molar-refractivity contribution in [3.63, 3.8) is 0 Å². The molecule has 0 fully saturated rings. The lowest BCUT2D eigenvalue weighted by Crippen LogP contribution is -2.04. The maximum atomic E-state index is 2.48. The molecule has 0 saturated heterocycles. The van der Waals surface area contributed by atoms with E-state index in [0.29, 0.717) is 5.92 Å². The van der Waals surface area contributed by atoms with Gasteiger partial charge in [-0.3, -0.25) is 0 Å². The molecular weight excluding hydrogens is 753 g/mol. The molecule has 2 aliphatic carbocycles. The summed E-state index contributed by atoms with van der Waals surface area (Å²) in [6, 6.07) is 62.8. The van der Waals surface area contributed by atoms with Crippen LogP contribution in [0.15, 0.2) is 176 Å². The van der Waals surface area contributed by atoms with Crippen LogP contribution in [0.4, 0.5) is 0 Å². The van der Waals surface area contributed by atoms with E-state index in [1.54, 1.807) is 0 Å². The minimum atomic E-state index is 0.333. The third kappa shape index (κ3) is 4.99. The van der Waals surface area contributed by atoms with Crippen molar-refractivity contribution in [3.05, 3.63) is 203 Å². The van der Waals surface area contributed by atoms with E-state index >= 15 is 0 Å². The zero-order valence-corrected chi connectivity index (χ0v) is 34.3. The lowest BCUT2D eigenvalue weighted by molar-refractivity contribution is 0.837. The summed E-state index contributed by atoms with van der Waals surface area (Å²) in [6.07, 6.45) is 12.7. The molecule has 0 aliphatic heterocycles. The first-order chi connectivity index (χ1) is 30.2. The Kier molecular flexibility index (Phi) is 7.04. The Balaban J connectivity index is 0.823. The molecule has 0 bridgehead atoms. The SMILES string of the molecule is C1=Cc2cc(-c3ccc4ccc5c(-c6ccc7sc8c(c7c6)CC(c6ccc(-c7ccc9ccc%10cccc%11ccc7c9c%10%11)cc6)C=C8)ccc6ccc3c4c65)ccc2CC1. The molecular formula is C60H38S. The molecule has 1 aromatic heterocycles. The number of hydrogen-bond donors (Lipinski definition) is 0. The third-order valence-electron chi connectivity index (χ3n) is 14.2. The fraction of sp³-hybridized carbons (Fsp3) is 0.0667. The highest BCUT2D eigenvalue weighted by Crippen LogP contribution is 2.46. The highest BCUT2D eigenvalue weighted by atomic mass is 32.1. The Labute approximate surface area is 358 Å². The van der Waals surface area contributed by atoms with E-state index in [9.17, 15) is 0 Å². The van der Waals surface area contributed by atoms with Gasteiger partial charge in [0.1, 0.15) is 0 Å². The van der Waals surface area contributed by atoms with Crippen LogP contribution in [0.1, 0.15) is 39.5 Å². The molecule has 284 valence electrons. The molecule has 14 rings (SSSR count). The van der Waals surface area contributed by atoms with Gasteiger partial charge < -0.3 is 0 Å². The van der Waals surface area contributed by atoms with E-state index in [1.165, 1.54) is 135 Å². The van der Waals surface area contributed by atoms with Crippen molar-refractivity contribution in [2.75, 3.05) is 0 Å². The first-order valence-electron chi connectivity index (χ1n) is 21.7. The van der Waals surface area contributed by atoms with Crippen LogP contribution in [0, 0.1) is 0 Å². The van der Waals surface area contributed by atoms with E-state index in [4.69, 9.17) is 0 Å². The molecule has 0 radical (unpaired) electrons. The summed E-state index contributed by atoms with van der Waals surface area (Å²) in [5, 5.41) is 17.4. The lowest BCUT2D eigenvalue weighted by atomic mass is 9.85. The lowest BCUT2D eigenvalue weighted by Gasteiger charge is -2.19. The van der Waals surface area contributed by atoms with Gasteiger partial charge in [0, 0.05) is 15.5 Å². The number of allylic oxidation sites excluding steroid dienone is 2. The molecule has 61 heavy (non-hydrogen) atoms. The van der Waals surface area contributed by atoms with Crippen LogP contribution in [0.2, 0.25) is 0 Å². The standard InChI is InChI=1S/C60H38S/c1-2-5-43-32-45(15-10-35(43)4-1)48-25-17-41-21-29-52-49(26-18-42-20-28-51(48)59(41)60(42)52)46-23-31-56-54(34-46)53-33-44(22-30-55(53)61-56)36-8-11-37(12-9-36)47-24-16-40-14-13-38-6-3-7-39-19-27-50(47)58(40)57(38)39/h2-3,5-32,34,44H,1,4,33H2. The van der Waals surface area contributed by atoms with Crippen LogP contribution >= 0.6 is 11.3 Å². The summed E-state index contributed by atoms with van der Waals surface area (Å²) in [6.45, 7) is 0. The van der Waals surface area contributed by atoms with Gasteiger partial charge >= 0.3 is 0 Å². The maximum Gasteiger partial charge on any atom is 0.0352 e. The molecule has 0 saturated carbocycles. The molecule has 1 unspecified atom stereocenters. The Morgan fingerprint density at radius 3 is 1.69 bits per heavy atom. The molecule has 1 atom stereocenters. The summed E-state index contributed by atoms with van der Waals surface area (Å²) < 4.78 is 1.37. The Bertz CT molecular complexity index is 3820. The molecule has 1 heterocycles. The fourth-order valence-electron chi connectivity index (χ4n) is 11.2. The Morgan fingerprint density at radius 1 is 0.443 bits per heavy atom. The predicted octanol–water partition coefficient (Wildman–Crippen LogP) is 17.0. The smallest absolute Gasteiger partial charge is 0.0352 e. The van der Waals surface area contributed by atoms with E-state index in [2.05, 4.69) is 188 Å². The molecule has 0 spiro atoms. The van der Waals surface area contributed by atoms with Crippen molar-refractivity contribution in [1.82, 2.24) is 0 Å². The van der Waals surface area contributed by atoms with Gasteiger partial charge in [-0.2, -0.15) is 0 Å². The second-order valence-electron chi connectivity index (χ2n) is 17.4. The van der Waals surface area contributed by atoms with Crippen LogP contribution < -0.4 is 0 Å². The fourth-order valence-corrected chi connectivity index (χ4v) is 12.3. The van der Waals surface area contributed by atoms with Gasteiger partial charge in [-0.1, -0.05) is 164 Å². The van der Waals surface area contributed by atoms with Crippen molar-refractivity contribution in [1.29, 1.82) is 0 Å². The molecule has 12 aromatic rings. The summed E-state index contributed by atoms with van der Waals surface area (Å²) >= 11 is 1.93. The van der Waals surface area contributed by atoms with Crippen LogP contribution in [0.5, 0.6) is 0 Å². The highest BCUT2D eigenvalue weighted by molar-refractivity contribution is 7.20. The molecule has 0 amide bonds. The molecule has 11 aromatic carbocycles. The summed E-state index contributed by atoms with van der Waals surface area (Å²) in [7, 11) is 0. The number of aryl methyl sites for hydroxylation is 1. The van der Waals surface area contributed by atoms with Gasteiger partial charge in [0.2, 0.25) is 0 Å². The highest BCUT2D eigenvalue weighted by Gasteiger charge is 2.22. The van der Waals surface area contributed by atoms with Crippen LogP contribution in [0.25, 0.3) is 120 Å². The average molecular weight is 791 g/mol. The number of fused-ring (bicyclic) bond motifs is 4. The van der Waals surface area contributed by atoms with Crippen molar-refractivity contribution >= 4 is 98.2 Å². The average Bonchev–Trinajstić information content (AvgIpc) is 3.69. The minimum Gasteiger partial charge on any atom is -0.136 e. The van der Waals surface area contributed by atoms with E-state index in [1.807, 2.05) is 11.3 Å². The first kappa shape index (κ1) is 33.7. The largest absolute Gasteiger partial charge is 0.136 e. The summed E-state index contributed by atoms with van der Waals surface area (Å²) in [5.74, 6) is 0.333. The van der Waals surface area contributed by atoms with Crippen molar-refractivity contribution in [2.45, 2.75) is 25.2 Å². The number of rotatable bonds is 4. The number of hydrogen-bond acceptors (Lipinski definition) is 1.